The summed E-state index contributed by atoms with van der Waals surface area (Å²) in [7, 11) is 0. The van der Waals surface area contributed by atoms with Crippen LogP contribution < -0.4 is 4.90 Å². The Hall–Kier alpha value is -1.43. The molecule has 0 radical (unpaired) electrons. The minimum absolute atomic E-state index is 0.146. The third kappa shape index (κ3) is 2.69. The predicted octanol–water partition coefficient (Wildman–Crippen LogP) is 5.30. The number of hydrogen-bond acceptors (Lipinski definition) is 2. The van der Waals surface area contributed by atoms with Crippen LogP contribution in [0.1, 0.15) is 37.8 Å². The van der Waals surface area contributed by atoms with Crippen molar-refractivity contribution in [2.45, 2.75) is 45.4 Å². The Morgan fingerprint density at radius 1 is 1.04 bits per heavy atom. The van der Waals surface area contributed by atoms with Gasteiger partial charge in [-0.3, -0.25) is 9.91 Å². The molecule has 0 aromatic heterocycles. The zero-order valence-electron chi connectivity index (χ0n) is 14.6. The van der Waals surface area contributed by atoms with Crippen molar-refractivity contribution in [3.05, 3.63) is 64.1 Å². The molecule has 0 saturated carbocycles. The summed E-state index contributed by atoms with van der Waals surface area (Å²) in [5, 5.41) is 5.64. The molecule has 1 unspecified atom stereocenters. The fraction of sp³-hybridized carbons (Fsp3) is 0.350. The normalized spacial score (nSPS) is 22.9. The Kier molecular flexibility index (Phi) is 4.34. The van der Waals surface area contributed by atoms with Gasteiger partial charge < -0.3 is 0 Å². The van der Waals surface area contributed by atoms with Crippen LogP contribution in [-0.2, 0) is 13.1 Å². The fourth-order valence-electron chi connectivity index (χ4n) is 4.09. The van der Waals surface area contributed by atoms with Gasteiger partial charge in [0, 0.05) is 16.7 Å². The lowest BCUT2D eigenvalue weighted by Gasteiger charge is -2.43. The number of hydrogen-bond donors (Lipinski definition) is 0. The highest BCUT2D eigenvalue weighted by Crippen LogP contribution is 2.43. The third-order valence-electron chi connectivity index (χ3n) is 5.31. The molecular weight excluding hydrogens is 394 g/mol. The maximum Gasteiger partial charge on any atom is 0.192 e. The molecule has 2 aromatic carbocycles. The Labute approximate surface area is 163 Å². The van der Waals surface area contributed by atoms with Crippen LogP contribution in [0, 0.1) is 0 Å². The van der Waals surface area contributed by atoms with E-state index in [1.54, 1.807) is 0 Å². The van der Waals surface area contributed by atoms with Crippen LogP contribution in [0.3, 0.4) is 0 Å². The van der Waals surface area contributed by atoms with E-state index in [1.807, 2.05) is 0 Å². The van der Waals surface area contributed by atoms with Crippen molar-refractivity contribution >= 4 is 38.9 Å². The van der Waals surface area contributed by atoms with Crippen LogP contribution in [0.2, 0.25) is 0 Å². The van der Waals surface area contributed by atoms with Gasteiger partial charge in [0.05, 0.1) is 6.54 Å². The molecule has 0 aliphatic carbocycles. The smallest absolute Gasteiger partial charge is 0.192 e. The topological polar surface area (TPSA) is 9.72 Å². The van der Waals surface area contributed by atoms with E-state index in [4.69, 9.17) is 12.2 Å². The number of hydrazine groups is 1. The van der Waals surface area contributed by atoms with Gasteiger partial charge in [0.25, 0.3) is 0 Å². The first kappa shape index (κ1) is 17.0. The van der Waals surface area contributed by atoms with Crippen molar-refractivity contribution in [1.82, 2.24) is 10.0 Å². The quantitative estimate of drug-likeness (QED) is 0.628. The summed E-state index contributed by atoms with van der Waals surface area (Å²) in [6.07, 6.45) is 2.17. The van der Waals surface area contributed by atoms with Gasteiger partial charge in [0.15, 0.2) is 5.11 Å². The highest BCUT2D eigenvalue weighted by molar-refractivity contribution is 9.10. The van der Waals surface area contributed by atoms with Gasteiger partial charge in [-0.25, -0.2) is 0 Å². The second-order valence-electron chi connectivity index (χ2n) is 6.95. The molecule has 130 valence electrons. The second-order valence-corrected chi connectivity index (χ2v) is 8.23. The standard InChI is InChI=1S/C20H22BrN3S/c1-3-12-20(2)23-14-16-7-5-4-6-15(16)13-22(23)19(25)24(20)18-10-8-17(21)9-11-18/h4-11H,3,12-14H2,1-2H3. The average Bonchev–Trinajstić information content (AvgIpc) is 2.82. The summed E-state index contributed by atoms with van der Waals surface area (Å²) in [4.78, 5) is 2.34. The van der Waals surface area contributed by atoms with Crippen LogP contribution in [-0.4, -0.2) is 20.8 Å². The van der Waals surface area contributed by atoms with Crippen molar-refractivity contribution in [3.63, 3.8) is 0 Å². The van der Waals surface area contributed by atoms with E-state index < -0.39 is 0 Å². The highest BCUT2D eigenvalue weighted by atomic mass is 79.9. The van der Waals surface area contributed by atoms with Crippen molar-refractivity contribution in [1.29, 1.82) is 0 Å². The Bertz CT molecular complexity index is 807. The number of anilines is 1. The molecule has 2 aromatic rings. The summed E-state index contributed by atoms with van der Waals surface area (Å²) < 4.78 is 1.09. The van der Waals surface area contributed by atoms with Crippen molar-refractivity contribution in [3.8, 4) is 0 Å². The first-order valence-electron chi connectivity index (χ1n) is 8.76. The van der Waals surface area contributed by atoms with Crippen LogP contribution in [0.25, 0.3) is 0 Å². The SMILES string of the molecule is CCCC1(C)N(c2ccc(Br)cc2)C(=S)N2Cc3ccccc3CN21. The molecule has 4 rings (SSSR count). The van der Waals surface area contributed by atoms with E-state index in [0.717, 1.165) is 41.2 Å². The van der Waals surface area contributed by atoms with E-state index in [1.165, 1.54) is 11.1 Å². The molecule has 25 heavy (non-hydrogen) atoms. The molecule has 1 saturated heterocycles. The molecule has 1 atom stereocenters. The van der Waals surface area contributed by atoms with E-state index in [9.17, 15) is 0 Å². The van der Waals surface area contributed by atoms with Gasteiger partial charge in [-0.2, -0.15) is 5.01 Å². The molecule has 5 heteroatoms. The number of thiocarbonyl (C=S) groups is 1. The van der Waals surface area contributed by atoms with Gasteiger partial charge in [0.2, 0.25) is 0 Å². The van der Waals surface area contributed by atoms with Gasteiger partial charge in [0.1, 0.15) is 5.66 Å². The zero-order chi connectivity index (χ0) is 17.6. The predicted molar refractivity (Wildman–Crippen MR) is 110 cm³/mol. The van der Waals surface area contributed by atoms with Gasteiger partial charge in [-0.15, -0.1) is 0 Å². The Morgan fingerprint density at radius 2 is 1.68 bits per heavy atom. The lowest BCUT2D eigenvalue weighted by Crippen LogP contribution is -2.54. The summed E-state index contributed by atoms with van der Waals surface area (Å²) in [5.74, 6) is 0. The first-order valence-corrected chi connectivity index (χ1v) is 9.96. The molecule has 2 heterocycles. The molecule has 1 fully saturated rings. The fourth-order valence-corrected chi connectivity index (χ4v) is 4.82. The molecule has 0 spiro atoms. The Morgan fingerprint density at radius 3 is 2.32 bits per heavy atom. The minimum atomic E-state index is -0.146. The number of halogens is 1. The lowest BCUT2D eigenvalue weighted by atomic mass is 10.00. The van der Waals surface area contributed by atoms with Crippen LogP contribution in [0.4, 0.5) is 5.69 Å². The van der Waals surface area contributed by atoms with E-state index in [-0.39, 0.29) is 5.66 Å². The summed E-state index contributed by atoms with van der Waals surface area (Å²) in [6.45, 7) is 6.31. The van der Waals surface area contributed by atoms with Crippen LogP contribution >= 0.6 is 28.1 Å². The second kappa shape index (κ2) is 6.38. The summed E-state index contributed by atoms with van der Waals surface area (Å²) in [5.41, 5.74) is 3.79. The Balaban J connectivity index is 1.79. The van der Waals surface area contributed by atoms with Crippen LogP contribution in [0.5, 0.6) is 0 Å². The van der Waals surface area contributed by atoms with E-state index >= 15 is 0 Å². The minimum Gasteiger partial charge on any atom is -0.297 e. The summed E-state index contributed by atoms with van der Waals surface area (Å²) in [6, 6.07) is 17.2. The monoisotopic (exact) mass is 415 g/mol. The number of rotatable bonds is 3. The first-order chi connectivity index (χ1) is 12.0. The van der Waals surface area contributed by atoms with Crippen molar-refractivity contribution < 1.29 is 0 Å². The molecule has 0 amide bonds. The highest BCUT2D eigenvalue weighted by Gasteiger charge is 2.52. The maximum absolute atomic E-state index is 5.94. The number of benzene rings is 2. The van der Waals surface area contributed by atoms with Crippen molar-refractivity contribution in [2.75, 3.05) is 4.90 Å². The molecule has 3 nitrogen and oxygen atoms in total. The zero-order valence-corrected chi connectivity index (χ0v) is 17.0. The van der Waals surface area contributed by atoms with E-state index in [0.29, 0.717) is 0 Å². The third-order valence-corrected chi connectivity index (χ3v) is 6.23. The van der Waals surface area contributed by atoms with Gasteiger partial charge >= 0.3 is 0 Å². The maximum atomic E-state index is 5.94. The van der Waals surface area contributed by atoms with Gasteiger partial charge in [-0.05, 0) is 61.0 Å². The lowest BCUT2D eigenvalue weighted by molar-refractivity contribution is -0.0445. The average molecular weight is 416 g/mol. The van der Waals surface area contributed by atoms with Crippen LogP contribution in [0.15, 0.2) is 53.0 Å². The van der Waals surface area contributed by atoms with Crippen molar-refractivity contribution in [2.24, 2.45) is 0 Å². The van der Waals surface area contributed by atoms with E-state index in [2.05, 4.69) is 93.2 Å². The molecule has 0 N–H and O–H groups in total. The number of nitrogens with zero attached hydrogens (tertiary/aromatic N) is 3. The molecular formula is C20H22BrN3S. The summed E-state index contributed by atoms with van der Waals surface area (Å²) >= 11 is 9.48. The molecule has 2 aliphatic rings. The molecule has 0 bridgehead atoms. The van der Waals surface area contributed by atoms with Gasteiger partial charge in [-0.1, -0.05) is 53.5 Å². The molecule has 2 aliphatic heterocycles. The number of fused-ring (bicyclic) bond motifs is 2. The largest absolute Gasteiger partial charge is 0.297 e.